The lowest BCUT2D eigenvalue weighted by Gasteiger charge is -2.36. The molecule has 2 aromatic rings. The van der Waals surface area contributed by atoms with Gasteiger partial charge in [0.2, 0.25) is 0 Å². The van der Waals surface area contributed by atoms with Crippen LogP contribution in [0.15, 0.2) is 83.5 Å². The van der Waals surface area contributed by atoms with E-state index in [0.717, 1.165) is 16.8 Å². The van der Waals surface area contributed by atoms with Crippen LogP contribution in [0.1, 0.15) is 42.7 Å². The van der Waals surface area contributed by atoms with E-state index in [1.54, 1.807) is 24.3 Å². The van der Waals surface area contributed by atoms with E-state index in [4.69, 9.17) is 9.73 Å². The molecular formula is C26H25NO4. The van der Waals surface area contributed by atoms with Crippen molar-refractivity contribution in [3.8, 4) is 5.75 Å². The van der Waals surface area contributed by atoms with Gasteiger partial charge >= 0.3 is 5.97 Å². The summed E-state index contributed by atoms with van der Waals surface area (Å²) in [5.41, 5.74) is 3.86. The fourth-order valence-electron chi connectivity index (χ4n) is 4.60. The highest BCUT2D eigenvalue weighted by atomic mass is 16.5. The molecular weight excluding hydrogens is 390 g/mol. The lowest BCUT2D eigenvalue weighted by Crippen LogP contribution is -2.38. The predicted octanol–water partition coefficient (Wildman–Crippen LogP) is 4.70. The van der Waals surface area contributed by atoms with Gasteiger partial charge in [0.05, 0.1) is 0 Å². The number of carbonyl (C=O) groups is 2. The van der Waals surface area contributed by atoms with Crippen LogP contribution in [-0.2, 0) is 14.3 Å². The second kappa shape index (κ2) is 8.72. The van der Waals surface area contributed by atoms with Crippen LogP contribution in [0.4, 0.5) is 0 Å². The maximum atomic E-state index is 13.4. The number of nitrogens with zero attached hydrogens (tertiary/aromatic N) is 1. The van der Waals surface area contributed by atoms with Crippen LogP contribution in [0, 0.1) is 5.92 Å². The molecule has 0 spiro atoms. The fourth-order valence-corrected chi connectivity index (χ4v) is 4.60. The minimum Gasteiger partial charge on any atom is -0.508 e. The van der Waals surface area contributed by atoms with E-state index in [1.807, 2.05) is 37.3 Å². The largest absolute Gasteiger partial charge is 0.508 e. The van der Waals surface area contributed by atoms with Gasteiger partial charge in [-0.2, -0.15) is 0 Å². The van der Waals surface area contributed by atoms with Crippen LogP contribution in [0.2, 0.25) is 0 Å². The number of phenolic OH excluding ortho intramolecular Hbond substituents is 1. The molecule has 5 nitrogen and oxygen atoms in total. The van der Waals surface area contributed by atoms with Gasteiger partial charge in [0.25, 0.3) is 0 Å². The van der Waals surface area contributed by atoms with Crippen molar-refractivity contribution in [3.05, 3.63) is 89.6 Å². The maximum absolute atomic E-state index is 13.4. The van der Waals surface area contributed by atoms with Gasteiger partial charge in [-0.15, -0.1) is 0 Å². The van der Waals surface area contributed by atoms with Gasteiger partial charge in [0.1, 0.15) is 18.3 Å². The normalized spacial score (nSPS) is 23.1. The summed E-state index contributed by atoms with van der Waals surface area (Å²) in [6, 6.07) is 16.6. The van der Waals surface area contributed by atoms with Crippen LogP contribution in [0.25, 0.3) is 0 Å². The quantitative estimate of drug-likeness (QED) is 0.567. The van der Waals surface area contributed by atoms with Crippen LogP contribution in [-0.4, -0.2) is 29.2 Å². The van der Waals surface area contributed by atoms with Gasteiger partial charge in [-0.25, -0.2) is 0 Å². The van der Waals surface area contributed by atoms with Crippen molar-refractivity contribution in [3.63, 3.8) is 0 Å². The smallest absolute Gasteiger partial charge is 0.315 e. The maximum Gasteiger partial charge on any atom is 0.315 e. The average Bonchev–Trinajstić information content (AvgIpc) is 2.77. The number of hydrogen-bond donors (Lipinski definition) is 1. The van der Waals surface area contributed by atoms with E-state index in [-0.39, 0.29) is 24.1 Å². The first kappa shape index (κ1) is 20.8. The molecule has 0 saturated carbocycles. The monoisotopic (exact) mass is 415 g/mol. The Labute approximate surface area is 181 Å². The number of benzene rings is 2. The summed E-state index contributed by atoms with van der Waals surface area (Å²) in [6.45, 7) is 5.51. The zero-order chi connectivity index (χ0) is 22.0. The molecule has 2 aliphatic rings. The number of carbonyl (C=O) groups excluding carboxylic acids is 2. The molecule has 1 heterocycles. The molecule has 4 rings (SSSR count). The molecule has 1 aliphatic heterocycles. The number of rotatable bonds is 5. The Morgan fingerprint density at radius 2 is 1.84 bits per heavy atom. The van der Waals surface area contributed by atoms with E-state index in [0.29, 0.717) is 24.1 Å². The Morgan fingerprint density at radius 1 is 1.13 bits per heavy atom. The molecule has 1 N–H and O–H groups in total. The summed E-state index contributed by atoms with van der Waals surface area (Å²) in [4.78, 5) is 31.1. The molecule has 5 heteroatoms. The van der Waals surface area contributed by atoms with Crippen molar-refractivity contribution in [1.29, 1.82) is 0 Å². The van der Waals surface area contributed by atoms with Crippen molar-refractivity contribution >= 4 is 17.5 Å². The minimum atomic E-state index is -0.694. The Balaban J connectivity index is 1.78. The summed E-state index contributed by atoms with van der Waals surface area (Å²) >= 11 is 0. The Kier molecular flexibility index (Phi) is 5.85. The highest BCUT2D eigenvalue weighted by molar-refractivity contribution is 6.09. The van der Waals surface area contributed by atoms with Crippen molar-refractivity contribution in [2.75, 3.05) is 6.61 Å². The Bertz CT molecular complexity index is 1070. The van der Waals surface area contributed by atoms with Gasteiger partial charge in [-0.05, 0) is 42.5 Å². The van der Waals surface area contributed by atoms with Gasteiger partial charge in [0, 0.05) is 29.3 Å². The first-order valence-corrected chi connectivity index (χ1v) is 10.4. The Hall–Kier alpha value is -3.47. The molecule has 0 bridgehead atoms. The molecule has 0 saturated heterocycles. The summed E-state index contributed by atoms with van der Waals surface area (Å²) in [7, 11) is 0. The molecule has 158 valence electrons. The molecule has 1 aliphatic carbocycles. The van der Waals surface area contributed by atoms with E-state index in [2.05, 4.69) is 6.58 Å². The first-order chi connectivity index (χ1) is 15.0. The number of aliphatic imine (C=N–C) groups is 1. The highest BCUT2D eigenvalue weighted by Crippen LogP contribution is 2.46. The minimum absolute atomic E-state index is 0.00551. The van der Waals surface area contributed by atoms with E-state index < -0.39 is 17.8 Å². The second-order valence-corrected chi connectivity index (χ2v) is 8.02. The van der Waals surface area contributed by atoms with E-state index in [1.165, 1.54) is 6.08 Å². The SMILES string of the molecule is C=CCOC(=O)C1C(C)=NC2=C(C(=O)C[C@@H](c3ccccc3)C2)[C@H]1c1ccc(O)cc1. The average molecular weight is 415 g/mol. The third-order valence-corrected chi connectivity index (χ3v) is 6.01. The van der Waals surface area contributed by atoms with Gasteiger partial charge in [0.15, 0.2) is 5.78 Å². The standard InChI is InChI=1S/C26H25NO4/c1-3-13-31-26(30)23-16(2)27-21-14-19(17-7-5-4-6-8-17)15-22(29)25(21)24(23)18-9-11-20(28)12-10-18/h3-12,19,23-24,28H,1,13-15H2,2H3/t19-,23?,24-/m0/s1. The van der Waals surface area contributed by atoms with Crippen LogP contribution < -0.4 is 0 Å². The van der Waals surface area contributed by atoms with E-state index in [9.17, 15) is 14.7 Å². The molecule has 1 unspecified atom stereocenters. The van der Waals surface area contributed by atoms with Crippen molar-refractivity contribution in [1.82, 2.24) is 0 Å². The summed E-state index contributed by atoms with van der Waals surface area (Å²) in [5.74, 6) is -1.41. The fraction of sp³-hybridized carbons (Fsp3) is 0.269. The number of ketones is 1. The number of esters is 1. The predicted molar refractivity (Wildman–Crippen MR) is 119 cm³/mol. The summed E-state index contributed by atoms with van der Waals surface area (Å²) in [6.07, 6.45) is 2.54. The molecule has 0 amide bonds. The lowest BCUT2D eigenvalue weighted by molar-refractivity contribution is -0.145. The lowest BCUT2D eigenvalue weighted by atomic mass is 9.69. The molecule has 0 radical (unpaired) electrons. The van der Waals surface area contributed by atoms with Gasteiger partial charge < -0.3 is 9.84 Å². The molecule has 0 fully saturated rings. The van der Waals surface area contributed by atoms with Crippen molar-refractivity contribution < 1.29 is 19.4 Å². The van der Waals surface area contributed by atoms with Crippen LogP contribution in [0.3, 0.4) is 0 Å². The molecule has 2 aromatic carbocycles. The zero-order valence-electron chi connectivity index (χ0n) is 17.5. The molecule has 0 aromatic heterocycles. The number of aromatic hydroxyl groups is 1. The van der Waals surface area contributed by atoms with Gasteiger partial charge in [-0.3, -0.25) is 14.6 Å². The number of hydrogen-bond acceptors (Lipinski definition) is 5. The highest BCUT2D eigenvalue weighted by Gasteiger charge is 2.44. The second-order valence-electron chi connectivity index (χ2n) is 8.02. The summed E-state index contributed by atoms with van der Waals surface area (Å²) < 4.78 is 5.36. The topological polar surface area (TPSA) is 76.0 Å². The zero-order valence-corrected chi connectivity index (χ0v) is 17.5. The third kappa shape index (κ3) is 4.08. The number of phenols is 1. The Morgan fingerprint density at radius 3 is 2.52 bits per heavy atom. The van der Waals surface area contributed by atoms with Crippen molar-refractivity contribution in [2.45, 2.75) is 31.6 Å². The number of allylic oxidation sites excluding steroid dienone is 2. The van der Waals surface area contributed by atoms with Crippen LogP contribution >= 0.6 is 0 Å². The van der Waals surface area contributed by atoms with E-state index >= 15 is 0 Å². The van der Waals surface area contributed by atoms with Gasteiger partial charge in [-0.1, -0.05) is 55.1 Å². The first-order valence-electron chi connectivity index (χ1n) is 10.4. The van der Waals surface area contributed by atoms with Crippen molar-refractivity contribution in [2.24, 2.45) is 10.9 Å². The number of ether oxygens (including phenoxy) is 1. The van der Waals surface area contributed by atoms with Crippen LogP contribution in [0.5, 0.6) is 5.75 Å². The summed E-state index contributed by atoms with van der Waals surface area (Å²) in [5, 5.41) is 9.74. The third-order valence-electron chi connectivity index (χ3n) is 6.01. The number of Topliss-reactive ketones (excluding diaryl/α,β-unsaturated/α-hetero) is 1. The molecule has 31 heavy (non-hydrogen) atoms. The molecule has 3 atom stereocenters.